The molecule has 53 heavy (non-hydrogen) atoms. The van der Waals surface area contributed by atoms with E-state index < -0.39 is 0 Å². The van der Waals surface area contributed by atoms with E-state index in [9.17, 15) is 0 Å². The van der Waals surface area contributed by atoms with Crippen molar-refractivity contribution < 1.29 is 13.3 Å². The smallest absolute Gasteiger partial charge is 0.143 e. The van der Waals surface area contributed by atoms with Crippen molar-refractivity contribution in [1.29, 1.82) is 0 Å². The van der Waals surface area contributed by atoms with Crippen LogP contribution in [0.3, 0.4) is 0 Å². The molecule has 0 bridgehead atoms. The zero-order valence-corrected chi connectivity index (χ0v) is 29.2. The minimum absolute atomic E-state index is 0.865. The molecule has 11 rings (SSSR count). The number of aryl methyl sites for hydroxylation is 2. The highest BCUT2D eigenvalue weighted by atomic mass is 16.3. The van der Waals surface area contributed by atoms with Crippen LogP contribution in [-0.2, 0) is 0 Å². The standard InChI is InChI=1S/C50H32O3/c1-29-22-25-44(51-29)48-36-16-7-3-12-32(36)46(33-13-4-8-17-37(33)48)31-24-27-43-42(28-31)40-20-11-21-41(50(40)53-43)47-34-14-5-9-18-38(34)49(45-26-23-30(2)52-45)39-19-10-6-15-35(39)47/h3-28H,1-2H3. The van der Waals surface area contributed by atoms with Crippen LogP contribution in [0.15, 0.2) is 171 Å². The Labute approximate surface area is 305 Å². The summed E-state index contributed by atoms with van der Waals surface area (Å²) in [5, 5.41) is 11.5. The minimum atomic E-state index is 0.865. The summed E-state index contributed by atoms with van der Waals surface area (Å²) in [6.45, 7) is 4.00. The average Bonchev–Trinajstić information content (AvgIpc) is 3.93. The molecular weight excluding hydrogens is 649 g/mol. The predicted octanol–water partition coefficient (Wildman–Crippen LogP) is 14.7. The van der Waals surface area contributed by atoms with Crippen molar-refractivity contribution in [2.75, 3.05) is 0 Å². The molecule has 0 aliphatic rings. The summed E-state index contributed by atoms with van der Waals surface area (Å²) < 4.78 is 19.4. The molecule has 0 saturated heterocycles. The van der Waals surface area contributed by atoms with Gasteiger partial charge in [-0.05, 0) is 104 Å². The Morgan fingerprint density at radius 3 is 1.21 bits per heavy atom. The highest BCUT2D eigenvalue weighted by Crippen LogP contribution is 2.48. The maximum absolute atomic E-state index is 6.87. The van der Waals surface area contributed by atoms with Gasteiger partial charge in [0.05, 0.1) is 0 Å². The molecule has 0 radical (unpaired) electrons. The molecule has 11 aromatic rings. The first-order valence-corrected chi connectivity index (χ1v) is 18.1. The first-order chi connectivity index (χ1) is 26.1. The lowest BCUT2D eigenvalue weighted by molar-refractivity contribution is 0.549. The van der Waals surface area contributed by atoms with Gasteiger partial charge in [0.15, 0.2) is 0 Å². The molecule has 3 heterocycles. The fourth-order valence-corrected chi connectivity index (χ4v) is 8.68. The molecule has 0 fully saturated rings. The third-order valence-electron chi connectivity index (χ3n) is 10.9. The molecule has 0 saturated carbocycles. The van der Waals surface area contributed by atoms with Crippen LogP contribution in [0.2, 0.25) is 0 Å². The molecule has 0 aliphatic heterocycles. The topological polar surface area (TPSA) is 39.4 Å². The number of fused-ring (bicyclic) bond motifs is 7. The van der Waals surface area contributed by atoms with Crippen LogP contribution >= 0.6 is 0 Å². The Hall–Kier alpha value is -6.84. The lowest BCUT2D eigenvalue weighted by Crippen LogP contribution is -1.90. The van der Waals surface area contributed by atoms with Crippen molar-refractivity contribution in [2.24, 2.45) is 0 Å². The molecule has 3 nitrogen and oxygen atoms in total. The zero-order chi connectivity index (χ0) is 35.2. The van der Waals surface area contributed by atoms with E-state index in [1.165, 1.54) is 27.1 Å². The van der Waals surface area contributed by atoms with E-state index >= 15 is 0 Å². The average molecular weight is 681 g/mol. The highest BCUT2D eigenvalue weighted by Gasteiger charge is 2.23. The van der Waals surface area contributed by atoms with Gasteiger partial charge in [0.25, 0.3) is 0 Å². The second kappa shape index (κ2) is 11.3. The molecule has 0 aliphatic carbocycles. The number of benzene rings is 8. The fraction of sp³-hybridized carbons (Fsp3) is 0.0400. The van der Waals surface area contributed by atoms with Crippen LogP contribution in [0.4, 0.5) is 0 Å². The normalized spacial score (nSPS) is 12.0. The van der Waals surface area contributed by atoms with Crippen molar-refractivity contribution in [1.82, 2.24) is 0 Å². The van der Waals surface area contributed by atoms with Gasteiger partial charge in [0.1, 0.15) is 34.2 Å². The summed E-state index contributed by atoms with van der Waals surface area (Å²) in [4.78, 5) is 0. The number of para-hydroxylation sites is 1. The van der Waals surface area contributed by atoms with Gasteiger partial charge in [-0.3, -0.25) is 0 Å². The van der Waals surface area contributed by atoms with Crippen LogP contribution in [0.25, 0.3) is 110 Å². The van der Waals surface area contributed by atoms with E-state index in [0.717, 1.165) is 94.3 Å². The highest BCUT2D eigenvalue weighted by molar-refractivity contribution is 6.25. The molecule has 3 heteroatoms. The summed E-state index contributed by atoms with van der Waals surface area (Å²) in [7, 11) is 0. The predicted molar refractivity (Wildman–Crippen MR) is 219 cm³/mol. The zero-order valence-electron chi connectivity index (χ0n) is 29.2. The molecular formula is C50H32O3. The van der Waals surface area contributed by atoms with Gasteiger partial charge >= 0.3 is 0 Å². The Balaban J connectivity index is 1.18. The molecule has 0 atom stereocenters. The summed E-state index contributed by atoms with van der Waals surface area (Å²) in [5.41, 5.74) is 8.57. The maximum atomic E-state index is 6.87. The monoisotopic (exact) mass is 680 g/mol. The fourth-order valence-electron chi connectivity index (χ4n) is 8.68. The van der Waals surface area contributed by atoms with Gasteiger partial charge in [0.2, 0.25) is 0 Å². The number of rotatable bonds is 4. The summed E-state index contributed by atoms with van der Waals surface area (Å²) in [6, 6.07) is 56.2. The van der Waals surface area contributed by atoms with Gasteiger partial charge in [-0.2, -0.15) is 0 Å². The maximum Gasteiger partial charge on any atom is 0.143 e. The van der Waals surface area contributed by atoms with Crippen molar-refractivity contribution in [3.05, 3.63) is 169 Å². The van der Waals surface area contributed by atoms with E-state index in [4.69, 9.17) is 13.3 Å². The quantitative estimate of drug-likeness (QED) is 0.174. The second-order valence-electron chi connectivity index (χ2n) is 14.0. The third-order valence-corrected chi connectivity index (χ3v) is 10.9. The second-order valence-corrected chi connectivity index (χ2v) is 14.0. The Bertz CT molecular complexity index is 3140. The van der Waals surface area contributed by atoms with E-state index in [0.29, 0.717) is 0 Å². The summed E-state index contributed by atoms with van der Waals surface area (Å²) in [6.07, 6.45) is 0. The van der Waals surface area contributed by atoms with Crippen LogP contribution in [0.5, 0.6) is 0 Å². The largest absolute Gasteiger partial charge is 0.461 e. The van der Waals surface area contributed by atoms with Gasteiger partial charge in [0, 0.05) is 33.0 Å². The lowest BCUT2D eigenvalue weighted by atomic mass is 9.86. The molecule has 0 amide bonds. The Morgan fingerprint density at radius 1 is 0.321 bits per heavy atom. The summed E-state index contributed by atoms with van der Waals surface area (Å²) >= 11 is 0. The Morgan fingerprint density at radius 2 is 0.755 bits per heavy atom. The minimum Gasteiger partial charge on any atom is -0.461 e. The van der Waals surface area contributed by atoms with Gasteiger partial charge in [-0.15, -0.1) is 0 Å². The van der Waals surface area contributed by atoms with Crippen LogP contribution in [0, 0.1) is 13.8 Å². The third kappa shape index (κ3) is 4.41. The van der Waals surface area contributed by atoms with Crippen molar-refractivity contribution >= 4 is 65.0 Å². The lowest BCUT2D eigenvalue weighted by Gasteiger charge is -2.16. The van der Waals surface area contributed by atoms with Crippen LogP contribution < -0.4 is 0 Å². The van der Waals surface area contributed by atoms with Crippen molar-refractivity contribution in [3.63, 3.8) is 0 Å². The first-order valence-electron chi connectivity index (χ1n) is 18.1. The first kappa shape index (κ1) is 29.8. The molecule has 3 aromatic heterocycles. The SMILES string of the molecule is Cc1ccc(-c2c3ccccc3c(-c3ccc4oc5c(-c6c7ccccc7c(-c7ccc(C)o7)c7ccccc67)cccc5c4c3)c3ccccc23)o1. The number of hydrogen-bond acceptors (Lipinski definition) is 3. The van der Waals surface area contributed by atoms with E-state index in [1.807, 2.05) is 26.0 Å². The Kier molecular flexibility index (Phi) is 6.38. The van der Waals surface area contributed by atoms with Gasteiger partial charge < -0.3 is 13.3 Å². The van der Waals surface area contributed by atoms with Crippen molar-refractivity contribution in [3.8, 4) is 44.9 Å². The number of furan rings is 3. The van der Waals surface area contributed by atoms with E-state index in [1.54, 1.807) is 0 Å². The van der Waals surface area contributed by atoms with E-state index in [-0.39, 0.29) is 0 Å². The van der Waals surface area contributed by atoms with E-state index in [2.05, 4.69) is 146 Å². The molecule has 8 aromatic carbocycles. The summed E-state index contributed by atoms with van der Waals surface area (Å²) in [5.74, 6) is 3.56. The van der Waals surface area contributed by atoms with Crippen molar-refractivity contribution in [2.45, 2.75) is 13.8 Å². The van der Waals surface area contributed by atoms with Gasteiger partial charge in [-0.25, -0.2) is 0 Å². The number of hydrogen-bond donors (Lipinski definition) is 0. The molecule has 250 valence electrons. The molecule has 0 spiro atoms. The van der Waals surface area contributed by atoms with Gasteiger partial charge in [-0.1, -0.05) is 121 Å². The molecule has 0 unspecified atom stereocenters. The molecule has 0 N–H and O–H groups in total. The van der Waals surface area contributed by atoms with Crippen LogP contribution in [0.1, 0.15) is 11.5 Å². The van der Waals surface area contributed by atoms with Crippen LogP contribution in [-0.4, -0.2) is 0 Å².